The fourth-order valence-corrected chi connectivity index (χ4v) is 9.44. The molecule has 0 N–H and O–H groups in total. The second-order valence-corrected chi connectivity index (χ2v) is 15.5. The molecule has 0 aliphatic heterocycles. The molecule has 0 spiro atoms. The normalized spacial score (nSPS) is 12.1. The summed E-state index contributed by atoms with van der Waals surface area (Å²) in [6, 6.07) is 72.8. The van der Waals surface area contributed by atoms with Gasteiger partial charge in [0.15, 0.2) is 0 Å². The third-order valence-electron chi connectivity index (χ3n) is 11.0. The van der Waals surface area contributed by atoms with Crippen LogP contribution in [0.15, 0.2) is 206 Å². The summed E-state index contributed by atoms with van der Waals surface area (Å²) in [5.74, 6) is 0. The van der Waals surface area contributed by atoms with Crippen molar-refractivity contribution in [3.8, 4) is 55.6 Å². The Labute approximate surface area is 333 Å². The molecule has 8 aromatic carbocycles. The lowest BCUT2D eigenvalue weighted by molar-refractivity contribution is 1.02. The molecular weight excluding hydrogens is 695 g/mol. The van der Waals surface area contributed by atoms with Crippen LogP contribution in [0.4, 0.5) is 17.1 Å². The van der Waals surface area contributed by atoms with E-state index in [0.29, 0.717) is 0 Å². The van der Waals surface area contributed by atoms with Crippen molar-refractivity contribution in [3.63, 3.8) is 0 Å². The number of nitrogens with zero attached hydrogens (tertiary/aromatic N) is 1. The summed E-state index contributed by atoms with van der Waals surface area (Å²) in [5.41, 5.74) is 17.0. The van der Waals surface area contributed by atoms with Gasteiger partial charge in [0.05, 0.1) is 5.69 Å². The molecule has 0 radical (unpaired) electrons. The van der Waals surface area contributed by atoms with Crippen LogP contribution in [0.2, 0.25) is 0 Å². The van der Waals surface area contributed by atoms with Gasteiger partial charge in [-0.25, -0.2) is 0 Å². The van der Waals surface area contributed by atoms with E-state index in [-0.39, 0.29) is 0 Å². The molecule has 1 aliphatic rings. The number of benzene rings is 8. The van der Waals surface area contributed by atoms with E-state index in [1.54, 1.807) is 0 Å². The highest BCUT2D eigenvalue weighted by Crippen LogP contribution is 2.49. The largest absolute Gasteiger partial charge is 0.310 e. The van der Waals surface area contributed by atoms with Gasteiger partial charge < -0.3 is 4.90 Å². The Bertz CT molecular complexity index is 2780. The van der Waals surface area contributed by atoms with Gasteiger partial charge in [0, 0.05) is 31.9 Å². The van der Waals surface area contributed by atoms with E-state index in [2.05, 4.69) is 217 Å². The Hall–Kier alpha value is -6.74. The molecule has 9 aromatic rings. The maximum absolute atomic E-state index is 2.45. The Morgan fingerprint density at radius 1 is 0.375 bits per heavy atom. The van der Waals surface area contributed by atoms with Gasteiger partial charge in [-0.05, 0) is 98.8 Å². The highest BCUT2D eigenvalue weighted by Gasteiger charge is 2.23. The predicted octanol–water partition coefficient (Wildman–Crippen LogP) is 15.7. The average Bonchev–Trinajstić information content (AvgIpc) is 3.67. The molecule has 0 bridgehead atoms. The second-order valence-electron chi connectivity index (χ2n) is 14.4. The lowest BCUT2D eigenvalue weighted by atomic mass is 9.95. The van der Waals surface area contributed by atoms with Crippen LogP contribution in [0.1, 0.15) is 16.9 Å². The van der Waals surface area contributed by atoms with Gasteiger partial charge in [0.2, 0.25) is 0 Å². The number of rotatable bonds is 8. The van der Waals surface area contributed by atoms with E-state index >= 15 is 0 Å². The minimum absolute atomic E-state index is 1.09. The SMILES string of the molecule is C1=Cc2c(sc3c(-c4ccc(-c5ccccc5)cc4)c(N(c4ccc(-c5ccccc5)cc4)c4ccc(-c5ccc(-c6ccccc6)cc5)cc4)ccc23)CC1. The molecule has 1 nitrogen and oxygen atoms in total. The first kappa shape index (κ1) is 33.8. The third kappa shape index (κ3) is 6.45. The zero-order chi connectivity index (χ0) is 37.3. The van der Waals surface area contributed by atoms with Crippen molar-refractivity contribution < 1.29 is 0 Å². The number of thiophene rings is 1. The monoisotopic (exact) mass is 733 g/mol. The molecule has 266 valence electrons. The zero-order valence-corrected chi connectivity index (χ0v) is 31.8. The van der Waals surface area contributed by atoms with Crippen molar-refractivity contribution in [2.24, 2.45) is 0 Å². The molecular formula is C54H39NS. The lowest BCUT2D eigenvalue weighted by Gasteiger charge is -2.29. The van der Waals surface area contributed by atoms with Crippen molar-refractivity contribution in [1.82, 2.24) is 0 Å². The van der Waals surface area contributed by atoms with Gasteiger partial charge in [-0.2, -0.15) is 0 Å². The van der Waals surface area contributed by atoms with Crippen molar-refractivity contribution in [3.05, 3.63) is 217 Å². The van der Waals surface area contributed by atoms with Crippen LogP contribution in [0.5, 0.6) is 0 Å². The number of hydrogen-bond donors (Lipinski definition) is 0. The minimum Gasteiger partial charge on any atom is -0.310 e. The molecule has 0 amide bonds. The Kier molecular flexibility index (Phi) is 8.95. The molecule has 10 rings (SSSR count). The Morgan fingerprint density at radius 3 is 1.21 bits per heavy atom. The van der Waals surface area contributed by atoms with Gasteiger partial charge in [-0.15, -0.1) is 11.3 Å². The molecule has 0 unspecified atom stereocenters. The van der Waals surface area contributed by atoms with Gasteiger partial charge >= 0.3 is 0 Å². The van der Waals surface area contributed by atoms with Gasteiger partial charge in [0.25, 0.3) is 0 Å². The maximum atomic E-state index is 2.45. The average molecular weight is 734 g/mol. The summed E-state index contributed by atoms with van der Waals surface area (Å²) in [4.78, 5) is 3.93. The van der Waals surface area contributed by atoms with Crippen LogP contribution in [0, 0.1) is 0 Å². The van der Waals surface area contributed by atoms with Crippen molar-refractivity contribution in [2.45, 2.75) is 12.8 Å². The smallest absolute Gasteiger partial charge is 0.0554 e. The van der Waals surface area contributed by atoms with E-state index in [1.165, 1.54) is 81.8 Å². The van der Waals surface area contributed by atoms with E-state index in [4.69, 9.17) is 0 Å². The van der Waals surface area contributed by atoms with Crippen LogP contribution >= 0.6 is 11.3 Å². The minimum atomic E-state index is 1.09. The highest BCUT2D eigenvalue weighted by atomic mass is 32.1. The van der Waals surface area contributed by atoms with Crippen molar-refractivity contribution >= 4 is 44.6 Å². The van der Waals surface area contributed by atoms with Crippen molar-refractivity contribution in [2.75, 3.05) is 4.90 Å². The first-order chi connectivity index (χ1) is 27.8. The van der Waals surface area contributed by atoms with E-state index in [1.807, 2.05) is 11.3 Å². The summed E-state index contributed by atoms with van der Waals surface area (Å²) in [6.07, 6.45) is 6.85. The summed E-state index contributed by atoms with van der Waals surface area (Å²) < 4.78 is 1.34. The Morgan fingerprint density at radius 2 is 0.768 bits per heavy atom. The molecule has 2 heteroatoms. The summed E-state index contributed by atoms with van der Waals surface area (Å²) in [5, 5.41) is 1.33. The van der Waals surface area contributed by atoms with Gasteiger partial charge in [-0.3, -0.25) is 0 Å². The fourth-order valence-electron chi connectivity index (χ4n) is 8.08. The van der Waals surface area contributed by atoms with Crippen LogP contribution in [-0.4, -0.2) is 0 Å². The maximum Gasteiger partial charge on any atom is 0.0554 e. The van der Waals surface area contributed by atoms with E-state index < -0.39 is 0 Å². The molecule has 1 heterocycles. The number of aryl methyl sites for hydroxylation is 1. The number of anilines is 3. The molecule has 56 heavy (non-hydrogen) atoms. The fraction of sp³-hybridized carbons (Fsp3) is 0.0370. The van der Waals surface area contributed by atoms with Gasteiger partial charge in [-0.1, -0.05) is 182 Å². The number of fused-ring (bicyclic) bond motifs is 3. The first-order valence-electron chi connectivity index (χ1n) is 19.4. The highest BCUT2D eigenvalue weighted by molar-refractivity contribution is 7.20. The topological polar surface area (TPSA) is 3.24 Å². The van der Waals surface area contributed by atoms with Crippen LogP contribution < -0.4 is 4.90 Å². The summed E-state index contributed by atoms with van der Waals surface area (Å²) in [7, 11) is 0. The van der Waals surface area contributed by atoms with Crippen molar-refractivity contribution in [1.29, 1.82) is 0 Å². The molecule has 0 fully saturated rings. The third-order valence-corrected chi connectivity index (χ3v) is 12.3. The first-order valence-corrected chi connectivity index (χ1v) is 20.2. The molecule has 1 aliphatic carbocycles. The van der Waals surface area contributed by atoms with Crippen LogP contribution in [-0.2, 0) is 6.42 Å². The van der Waals surface area contributed by atoms with E-state index in [0.717, 1.165) is 24.2 Å². The van der Waals surface area contributed by atoms with E-state index in [9.17, 15) is 0 Å². The number of allylic oxidation sites excluding steroid dienone is 1. The number of hydrogen-bond acceptors (Lipinski definition) is 2. The molecule has 0 saturated heterocycles. The molecule has 1 aromatic heterocycles. The zero-order valence-electron chi connectivity index (χ0n) is 31.0. The predicted molar refractivity (Wildman–Crippen MR) is 241 cm³/mol. The second kappa shape index (κ2) is 14.8. The van der Waals surface area contributed by atoms with Crippen LogP contribution in [0.25, 0.3) is 71.8 Å². The molecule has 0 saturated carbocycles. The Balaban J connectivity index is 1.12. The standard InChI is InChI=1S/C54H39NS/c1-4-12-38(13-5-1)41-20-22-43(23-21-41)45-30-34-48(35-31-45)55(47-32-28-44(29-33-47)40-16-8-3-9-17-40)51-37-36-50-49-18-10-11-19-52(49)56-54(50)53(51)46-26-24-42(25-27-46)39-14-6-2-7-15-39/h1-10,12-18,20-37H,11,19H2. The summed E-state index contributed by atoms with van der Waals surface area (Å²) in [6.45, 7) is 0. The molecule has 0 atom stereocenters. The van der Waals surface area contributed by atoms with Gasteiger partial charge in [0.1, 0.15) is 0 Å². The summed E-state index contributed by atoms with van der Waals surface area (Å²) >= 11 is 1.96. The van der Waals surface area contributed by atoms with Crippen LogP contribution in [0.3, 0.4) is 0 Å². The lowest BCUT2D eigenvalue weighted by Crippen LogP contribution is -2.11. The quantitative estimate of drug-likeness (QED) is 0.150.